The maximum atomic E-state index is 6.09. The molecule has 2 rings (SSSR count). The lowest BCUT2D eigenvalue weighted by atomic mass is 9.86. The molecule has 4 nitrogen and oxygen atoms in total. The van der Waals surface area contributed by atoms with E-state index in [1.54, 1.807) is 0 Å². The van der Waals surface area contributed by atoms with E-state index in [9.17, 15) is 0 Å². The highest BCUT2D eigenvalue weighted by Gasteiger charge is 2.39. The lowest BCUT2D eigenvalue weighted by Crippen LogP contribution is -2.46. The Morgan fingerprint density at radius 3 is 2.89 bits per heavy atom. The number of halogens is 1. The first kappa shape index (κ1) is 14.0. The molecule has 5 heteroatoms. The molecule has 2 unspecified atom stereocenters. The molecule has 1 aliphatic heterocycles. The van der Waals surface area contributed by atoms with E-state index in [2.05, 4.69) is 40.2 Å². The predicted molar refractivity (Wildman–Crippen MR) is 75.5 cm³/mol. The van der Waals surface area contributed by atoms with E-state index >= 15 is 0 Å². The fourth-order valence-electron chi connectivity index (χ4n) is 2.73. The van der Waals surface area contributed by atoms with Gasteiger partial charge in [-0.1, -0.05) is 6.92 Å². The number of aryl methyl sites for hydroxylation is 1. The van der Waals surface area contributed by atoms with Gasteiger partial charge in [0.05, 0.1) is 28.0 Å². The molecular weight excluding hydrogens is 294 g/mol. The van der Waals surface area contributed by atoms with E-state index in [0.717, 1.165) is 24.0 Å². The van der Waals surface area contributed by atoms with Crippen molar-refractivity contribution in [3.8, 4) is 0 Å². The van der Waals surface area contributed by atoms with Gasteiger partial charge in [-0.2, -0.15) is 5.10 Å². The van der Waals surface area contributed by atoms with Crippen molar-refractivity contribution in [3.05, 3.63) is 16.4 Å². The number of likely N-dealkylation sites (N-methyl/N-ethyl adjacent to an activating group) is 1. The number of rotatable bonds is 4. The van der Waals surface area contributed by atoms with Crippen molar-refractivity contribution in [1.82, 2.24) is 15.1 Å². The maximum Gasteiger partial charge on any atom is 0.0864 e. The van der Waals surface area contributed by atoms with Crippen LogP contribution in [0.5, 0.6) is 0 Å². The van der Waals surface area contributed by atoms with Crippen molar-refractivity contribution in [3.63, 3.8) is 0 Å². The van der Waals surface area contributed by atoms with Crippen molar-refractivity contribution in [2.24, 2.45) is 7.05 Å². The first-order valence-corrected chi connectivity index (χ1v) is 7.42. The van der Waals surface area contributed by atoms with Crippen LogP contribution in [0.25, 0.3) is 0 Å². The van der Waals surface area contributed by atoms with Crippen LogP contribution in [0.1, 0.15) is 44.8 Å². The second kappa shape index (κ2) is 5.72. The summed E-state index contributed by atoms with van der Waals surface area (Å²) in [5.74, 6) is 0. The zero-order valence-corrected chi connectivity index (χ0v) is 13.0. The first-order chi connectivity index (χ1) is 8.58. The molecule has 1 aromatic heterocycles. The molecule has 0 spiro atoms. The Bertz CT molecular complexity index is 379. The van der Waals surface area contributed by atoms with Gasteiger partial charge < -0.3 is 10.1 Å². The molecule has 1 aliphatic rings. The Labute approximate surface area is 117 Å². The SMILES string of the molecule is CCNC(c1c(Br)cnn1C)C1(C)CCCCO1. The van der Waals surface area contributed by atoms with E-state index in [1.165, 1.54) is 18.5 Å². The Hall–Kier alpha value is -0.390. The van der Waals surface area contributed by atoms with Crippen LogP contribution in [0.4, 0.5) is 0 Å². The Morgan fingerprint density at radius 1 is 1.61 bits per heavy atom. The smallest absolute Gasteiger partial charge is 0.0864 e. The van der Waals surface area contributed by atoms with Crippen LogP contribution in [0.15, 0.2) is 10.7 Å². The number of nitrogens with zero attached hydrogens (tertiary/aromatic N) is 2. The minimum atomic E-state index is -0.148. The Morgan fingerprint density at radius 2 is 2.39 bits per heavy atom. The molecule has 0 amide bonds. The third kappa shape index (κ3) is 2.63. The van der Waals surface area contributed by atoms with E-state index in [1.807, 2.05) is 17.9 Å². The minimum Gasteiger partial charge on any atom is -0.373 e. The molecule has 0 aromatic carbocycles. The fourth-order valence-corrected chi connectivity index (χ4v) is 3.31. The fraction of sp³-hybridized carbons (Fsp3) is 0.769. The number of nitrogens with one attached hydrogen (secondary N) is 1. The summed E-state index contributed by atoms with van der Waals surface area (Å²) in [5.41, 5.74) is 1.02. The third-order valence-corrected chi connectivity index (χ3v) is 4.34. The Kier molecular flexibility index (Phi) is 4.45. The molecule has 0 aliphatic carbocycles. The molecule has 0 saturated carbocycles. The zero-order chi connectivity index (χ0) is 13.2. The monoisotopic (exact) mass is 315 g/mol. The van der Waals surface area contributed by atoms with E-state index in [0.29, 0.717) is 0 Å². The summed E-state index contributed by atoms with van der Waals surface area (Å²) in [4.78, 5) is 0. The molecular formula is C13H22BrN3O. The third-order valence-electron chi connectivity index (χ3n) is 3.73. The van der Waals surface area contributed by atoms with Gasteiger partial charge in [-0.25, -0.2) is 0 Å². The summed E-state index contributed by atoms with van der Waals surface area (Å²) < 4.78 is 9.07. The normalized spacial score (nSPS) is 26.2. The number of aromatic nitrogens is 2. The van der Waals surface area contributed by atoms with Crippen LogP contribution in [0.3, 0.4) is 0 Å². The van der Waals surface area contributed by atoms with Gasteiger partial charge in [0.25, 0.3) is 0 Å². The van der Waals surface area contributed by atoms with Crippen LogP contribution in [0.2, 0.25) is 0 Å². The largest absolute Gasteiger partial charge is 0.373 e. The first-order valence-electron chi connectivity index (χ1n) is 6.63. The van der Waals surface area contributed by atoms with Gasteiger partial charge in [-0.3, -0.25) is 4.68 Å². The molecule has 2 heterocycles. The highest BCUT2D eigenvalue weighted by atomic mass is 79.9. The predicted octanol–water partition coefficient (Wildman–Crippen LogP) is 2.79. The Balaban J connectivity index is 2.33. The van der Waals surface area contributed by atoms with E-state index in [4.69, 9.17) is 4.74 Å². The molecule has 1 N–H and O–H groups in total. The average molecular weight is 316 g/mol. The van der Waals surface area contributed by atoms with Crippen molar-refractivity contribution >= 4 is 15.9 Å². The van der Waals surface area contributed by atoms with Gasteiger partial charge >= 0.3 is 0 Å². The van der Waals surface area contributed by atoms with E-state index in [-0.39, 0.29) is 11.6 Å². The molecule has 2 atom stereocenters. The minimum absolute atomic E-state index is 0.148. The summed E-state index contributed by atoms with van der Waals surface area (Å²) in [6.45, 7) is 6.11. The lowest BCUT2D eigenvalue weighted by molar-refractivity contribution is -0.0911. The lowest BCUT2D eigenvalue weighted by Gasteiger charge is -2.41. The molecule has 0 radical (unpaired) electrons. The van der Waals surface area contributed by atoms with Gasteiger partial charge in [0.15, 0.2) is 0 Å². The average Bonchev–Trinajstić information content (AvgIpc) is 2.67. The van der Waals surface area contributed by atoms with Gasteiger partial charge in [0.1, 0.15) is 0 Å². The quantitative estimate of drug-likeness (QED) is 0.928. The van der Waals surface area contributed by atoms with Gasteiger partial charge in [-0.05, 0) is 48.7 Å². The molecule has 18 heavy (non-hydrogen) atoms. The standard InChI is InChI=1S/C13H22BrN3O/c1-4-15-12(11-10(14)9-16-17(11)3)13(2)7-5-6-8-18-13/h9,12,15H,4-8H2,1-3H3. The number of hydrogen-bond donors (Lipinski definition) is 1. The highest BCUT2D eigenvalue weighted by Crippen LogP contribution is 2.38. The number of hydrogen-bond acceptors (Lipinski definition) is 3. The van der Waals surface area contributed by atoms with Crippen LogP contribution in [-0.4, -0.2) is 28.5 Å². The van der Waals surface area contributed by atoms with Crippen molar-refractivity contribution in [2.75, 3.05) is 13.2 Å². The van der Waals surface area contributed by atoms with Crippen LogP contribution in [0, 0.1) is 0 Å². The van der Waals surface area contributed by atoms with Gasteiger partial charge in [0.2, 0.25) is 0 Å². The van der Waals surface area contributed by atoms with Crippen molar-refractivity contribution < 1.29 is 4.74 Å². The maximum absolute atomic E-state index is 6.09. The molecule has 1 saturated heterocycles. The van der Waals surface area contributed by atoms with Crippen LogP contribution in [-0.2, 0) is 11.8 Å². The zero-order valence-electron chi connectivity index (χ0n) is 11.4. The molecule has 102 valence electrons. The van der Waals surface area contributed by atoms with Crippen LogP contribution >= 0.6 is 15.9 Å². The summed E-state index contributed by atoms with van der Waals surface area (Å²) in [6, 6.07) is 0.171. The molecule has 0 bridgehead atoms. The van der Waals surface area contributed by atoms with Crippen LogP contribution < -0.4 is 5.32 Å². The molecule has 1 aromatic rings. The second-order valence-electron chi connectivity index (χ2n) is 5.11. The van der Waals surface area contributed by atoms with Gasteiger partial charge in [0, 0.05) is 13.7 Å². The number of ether oxygens (including phenoxy) is 1. The summed E-state index contributed by atoms with van der Waals surface area (Å²) >= 11 is 3.60. The molecule has 1 fully saturated rings. The second-order valence-corrected chi connectivity index (χ2v) is 5.96. The highest BCUT2D eigenvalue weighted by molar-refractivity contribution is 9.10. The van der Waals surface area contributed by atoms with E-state index < -0.39 is 0 Å². The summed E-state index contributed by atoms with van der Waals surface area (Å²) in [5, 5.41) is 7.88. The van der Waals surface area contributed by atoms with Gasteiger partial charge in [-0.15, -0.1) is 0 Å². The van der Waals surface area contributed by atoms with Crippen molar-refractivity contribution in [1.29, 1.82) is 0 Å². The topological polar surface area (TPSA) is 39.1 Å². The summed E-state index contributed by atoms with van der Waals surface area (Å²) in [6.07, 6.45) is 5.34. The summed E-state index contributed by atoms with van der Waals surface area (Å²) in [7, 11) is 1.98. The van der Waals surface area contributed by atoms with Crippen molar-refractivity contribution in [2.45, 2.75) is 44.8 Å².